The number of nitrogens with one attached hydrogen (secondary N) is 1. The lowest BCUT2D eigenvalue weighted by Gasteiger charge is -2.11. The molecule has 0 aromatic heterocycles. The number of amides is 1. The quantitative estimate of drug-likeness (QED) is 0.738. The number of carbonyl (C=O) groups excluding carboxylic acids is 1. The van der Waals surface area contributed by atoms with Gasteiger partial charge in [0.1, 0.15) is 0 Å². The number of benzene rings is 1. The van der Waals surface area contributed by atoms with E-state index in [0.717, 1.165) is 0 Å². The Morgan fingerprint density at radius 3 is 2.89 bits per heavy atom. The maximum atomic E-state index is 13.1. The molecule has 0 fully saturated rings. The third kappa shape index (κ3) is 5.11. The molecule has 6 heteroatoms. The minimum Gasteiger partial charge on any atom is -0.481 e. The smallest absolute Gasteiger partial charge is 0.258 e. The summed E-state index contributed by atoms with van der Waals surface area (Å²) in [5.41, 5.74) is 0. The number of hydrogen-bond acceptors (Lipinski definition) is 4. The van der Waals surface area contributed by atoms with Crippen molar-refractivity contribution in [1.29, 1.82) is 0 Å². The molecule has 2 N–H and O–H groups in total. The predicted molar refractivity (Wildman–Crippen MR) is 62.8 cm³/mol. The summed E-state index contributed by atoms with van der Waals surface area (Å²) in [5, 5.41) is 11.7. The van der Waals surface area contributed by atoms with Gasteiger partial charge in [-0.15, -0.1) is 0 Å². The Morgan fingerprint density at radius 2 is 2.22 bits per heavy atom. The molecule has 1 rings (SSSR count). The van der Waals surface area contributed by atoms with Crippen LogP contribution in [-0.2, 0) is 9.53 Å². The van der Waals surface area contributed by atoms with Crippen molar-refractivity contribution in [3.8, 4) is 5.75 Å². The first-order valence-corrected chi connectivity index (χ1v) is 5.44. The highest BCUT2D eigenvalue weighted by molar-refractivity contribution is 5.77. The van der Waals surface area contributed by atoms with Gasteiger partial charge in [0.25, 0.3) is 5.91 Å². The second-order valence-corrected chi connectivity index (χ2v) is 3.63. The normalized spacial score (nSPS) is 11.9. The van der Waals surface area contributed by atoms with E-state index in [4.69, 9.17) is 9.47 Å². The van der Waals surface area contributed by atoms with Crippen molar-refractivity contribution >= 4 is 5.91 Å². The molecule has 0 saturated carbocycles. The number of carbonyl (C=O) groups is 1. The molecular weight excluding hydrogens is 241 g/mol. The lowest BCUT2D eigenvalue weighted by molar-refractivity contribution is -0.123. The molecule has 18 heavy (non-hydrogen) atoms. The fourth-order valence-corrected chi connectivity index (χ4v) is 1.24. The van der Waals surface area contributed by atoms with E-state index < -0.39 is 17.8 Å². The van der Waals surface area contributed by atoms with Crippen molar-refractivity contribution in [2.45, 2.75) is 6.10 Å². The van der Waals surface area contributed by atoms with Gasteiger partial charge in [0.2, 0.25) is 0 Å². The number of halogens is 1. The van der Waals surface area contributed by atoms with Crippen LogP contribution in [0.5, 0.6) is 5.75 Å². The van der Waals surface area contributed by atoms with E-state index in [1.54, 1.807) is 6.07 Å². The van der Waals surface area contributed by atoms with Crippen LogP contribution in [0.1, 0.15) is 0 Å². The molecule has 0 bridgehead atoms. The number of aliphatic hydroxyl groups is 1. The van der Waals surface area contributed by atoms with Gasteiger partial charge < -0.3 is 19.9 Å². The standard InChI is InChI=1S/C12H16FNO4/c1-17-7-9(15)6-14-12(16)8-18-11-5-3-2-4-10(11)13/h2-5,9,15H,6-8H2,1H3,(H,14,16). The largest absolute Gasteiger partial charge is 0.481 e. The Labute approximate surface area is 105 Å². The van der Waals surface area contributed by atoms with Crippen LogP contribution in [0.25, 0.3) is 0 Å². The van der Waals surface area contributed by atoms with Crippen LogP contribution in [0.3, 0.4) is 0 Å². The van der Waals surface area contributed by atoms with Crippen LogP contribution in [-0.4, -0.2) is 44.0 Å². The summed E-state index contributed by atoms with van der Waals surface area (Å²) in [6.45, 7) is -0.109. The number of rotatable bonds is 7. The predicted octanol–water partition coefficient (Wildman–Crippen LogP) is 0.328. The average Bonchev–Trinajstić information content (AvgIpc) is 2.36. The fourth-order valence-electron chi connectivity index (χ4n) is 1.24. The minimum atomic E-state index is -0.771. The SMILES string of the molecule is COCC(O)CNC(=O)COc1ccccc1F. The molecule has 1 unspecified atom stereocenters. The average molecular weight is 257 g/mol. The lowest BCUT2D eigenvalue weighted by atomic mass is 10.3. The van der Waals surface area contributed by atoms with Gasteiger partial charge in [0.05, 0.1) is 12.7 Å². The number of methoxy groups -OCH3 is 1. The molecule has 1 aromatic carbocycles. The van der Waals surface area contributed by atoms with Gasteiger partial charge in [0, 0.05) is 13.7 Å². The van der Waals surface area contributed by atoms with E-state index in [1.807, 2.05) is 0 Å². The molecule has 0 aliphatic carbocycles. The summed E-state index contributed by atoms with van der Waals surface area (Å²) in [6, 6.07) is 5.82. The summed E-state index contributed by atoms with van der Waals surface area (Å²) in [7, 11) is 1.45. The summed E-state index contributed by atoms with van der Waals surface area (Å²) >= 11 is 0. The molecule has 0 aliphatic rings. The van der Waals surface area contributed by atoms with Gasteiger partial charge in [-0.1, -0.05) is 12.1 Å². The fraction of sp³-hybridized carbons (Fsp3) is 0.417. The zero-order valence-corrected chi connectivity index (χ0v) is 10.1. The van der Waals surface area contributed by atoms with Crippen molar-refractivity contribution < 1.29 is 23.8 Å². The molecule has 100 valence electrons. The zero-order chi connectivity index (χ0) is 13.4. The Kier molecular flexibility index (Phi) is 6.10. The van der Waals surface area contributed by atoms with Gasteiger partial charge in [0.15, 0.2) is 18.2 Å². The van der Waals surface area contributed by atoms with Gasteiger partial charge in [-0.3, -0.25) is 4.79 Å². The van der Waals surface area contributed by atoms with E-state index in [2.05, 4.69) is 5.32 Å². The van der Waals surface area contributed by atoms with Gasteiger partial charge in [-0.05, 0) is 12.1 Å². The van der Waals surface area contributed by atoms with E-state index in [1.165, 1.54) is 25.3 Å². The Balaban J connectivity index is 2.27. The summed E-state index contributed by atoms with van der Waals surface area (Å²) in [6.07, 6.45) is -0.771. The van der Waals surface area contributed by atoms with E-state index in [-0.39, 0.29) is 25.5 Å². The highest BCUT2D eigenvalue weighted by Crippen LogP contribution is 2.14. The monoisotopic (exact) mass is 257 g/mol. The van der Waals surface area contributed by atoms with Crippen LogP contribution in [0.2, 0.25) is 0 Å². The molecule has 1 aromatic rings. The topological polar surface area (TPSA) is 67.8 Å². The number of ether oxygens (including phenoxy) is 2. The Hall–Kier alpha value is -1.66. The first kappa shape index (κ1) is 14.4. The molecule has 0 heterocycles. The van der Waals surface area contributed by atoms with E-state index in [0.29, 0.717) is 0 Å². The van der Waals surface area contributed by atoms with Gasteiger partial charge >= 0.3 is 0 Å². The molecule has 1 amide bonds. The Morgan fingerprint density at radius 1 is 1.50 bits per heavy atom. The van der Waals surface area contributed by atoms with Crippen LogP contribution in [0, 0.1) is 5.82 Å². The van der Waals surface area contributed by atoms with Crippen molar-refractivity contribution in [2.75, 3.05) is 26.9 Å². The molecule has 0 saturated heterocycles. The zero-order valence-electron chi connectivity index (χ0n) is 10.1. The van der Waals surface area contributed by atoms with Crippen molar-refractivity contribution in [3.63, 3.8) is 0 Å². The molecule has 0 spiro atoms. The summed E-state index contributed by atoms with van der Waals surface area (Å²) in [4.78, 5) is 11.3. The number of aliphatic hydroxyl groups excluding tert-OH is 1. The van der Waals surface area contributed by atoms with Gasteiger partial charge in [-0.25, -0.2) is 4.39 Å². The highest BCUT2D eigenvalue weighted by atomic mass is 19.1. The molecule has 5 nitrogen and oxygen atoms in total. The van der Waals surface area contributed by atoms with Crippen molar-refractivity contribution in [2.24, 2.45) is 0 Å². The van der Waals surface area contributed by atoms with Gasteiger partial charge in [-0.2, -0.15) is 0 Å². The minimum absolute atomic E-state index is 0.0186. The third-order valence-electron chi connectivity index (χ3n) is 2.09. The van der Waals surface area contributed by atoms with Crippen LogP contribution >= 0.6 is 0 Å². The maximum absolute atomic E-state index is 13.1. The lowest BCUT2D eigenvalue weighted by Crippen LogP contribution is -2.37. The molecule has 1 atom stereocenters. The molecular formula is C12H16FNO4. The van der Waals surface area contributed by atoms with Crippen LogP contribution in [0.15, 0.2) is 24.3 Å². The van der Waals surface area contributed by atoms with Crippen molar-refractivity contribution in [3.05, 3.63) is 30.1 Å². The number of para-hydroxylation sites is 1. The second-order valence-electron chi connectivity index (χ2n) is 3.63. The third-order valence-corrected chi connectivity index (χ3v) is 2.09. The molecule has 0 radical (unpaired) electrons. The van der Waals surface area contributed by atoms with Crippen LogP contribution in [0.4, 0.5) is 4.39 Å². The highest BCUT2D eigenvalue weighted by Gasteiger charge is 2.08. The second kappa shape index (κ2) is 7.62. The maximum Gasteiger partial charge on any atom is 0.258 e. The first-order chi connectivity index (χ1) is 8.63. The van der Waals surface area contributed by atoms with E-state index >= 15 is 0 Å². The summed E-state index contributed by atoms with van der Waals surface area (Å²) < 4.78 is 22.8. The molecule has 0 aliphatic heterocycles. The Bertz CT molecular complexity index is 386. The van der Waals surface area contributed by atoms with Crippen molar-refractivity contribution in [1.82, 2.24) is 5.32 Å². The summed E-state index contributed by atoms with van der Waals surface area (Å²) in [5.74, 6) is -0.941. The van der Waals surface area contributed by atoms with Crippen LogP contribution < -0.4 is 10.1 Å². The first-order valence-electron chi connectivity index (χ1n) is 5.44. The number of hydrogen-bond donors (Lipinski definition) is 2. The van der Waals surface area contributed by atoms with E-state index in [9.17, 15) is 14.3 Å².